The molecule has 0 radical (unpaired) electrons. The van der Waals surface area contributed by atoms with Crippen LogP contribution in [0.15, 0.2) is 18.2 Å². The van der Waals surface area contributed by atoms with E-state index in [4.69, 9.17) is 0 Å². The fourth-order valence-corrected chi connectivity index (χ4v) is 1.78. The molecule has 5 heteroatoms. The lowest BCUT2D eigenvalue weighted by atomic mass is 9.86. The van der Waals surface area contributed by atoms with E-state index in [1.54, 1.807) is 6.07 Å². The van der Waals surface area contributed by atoms with Crippen molar-refractivity contribution >= 4 is 23.7 Å². The zero-order chi connectivity index (χ0) is 11.8. The number of hydrazine groups is 1. The minimum absolute atomic E-state index is 0.0111. The smallest absolute Gasteiger partial charge is 0.234 e. The zero-order valence-corrected chi connectivity index (χ0v) is 9.13. The van der Waals surface area contributed by atoms with Crippen LogP contribution in [0.3, 0.4) is 0 Å². The molecule has 1 aliphatic rings. The second kappa shape index (κ2) is 3.52. The van der Waals surface area contributed by atoms with Crippen LogP contribution in [0.4, 0.5) is 11.4 Å². The van der Waals surface area contributed by atoms with Crippen molar-refractivity contribution in [1.82, 2.24) is 5.43 Å². The van der Waals surface area contributed by atoms with E-state index in [-0.39, 0.29) is 5.91 Å². The van der Waals surface area contributed by atoms with Crippen LogP contribution >= 0.6 is 0 Å². The maximum Gasteiger partial charge on any atom is 0.234 e. The molecule has 0 spiro atoms. The van der Waals surface area contributed by atoms with Crippen LogP contribution < -0.4 is 16.2 Å². The predicted octanol–water partition coefficient (Wildman–Crippen LogP) is 0.989. The molecular formula is C11H13N3O2. The van der Waals surface area contributed by atoms with Crippen LogP contribution in [-0.4, -0.2) is 12.3 Å². The molecule has 0 unspecified atom stereocenters. The Labute approximate surface area is 93.2 Å². The van der Waals surface area contributed by atoms with E-state index in [1.165, 1.54) is 0 Å². The highest BCUT2D eigenvalue weighted by molar-refractivity contribution is 6.06. The first-order valence-electron chi connectivity index (χ1n) is 4.97. The lowest BCUT2D eigenvalue weighted by Gasteiger charge is -2.15. The largest absolute Gasteiger partial charge is 0.325 e. The zero-order valence-electron chi connectivity index (χ0n) is 9.13. The lowest BCUT2D eigenvalue weighted by Crippen LogP contribution is -2.26. The number of hydrogen-bond donors (Lipinski definition) is 3. The summed E-state index contributed by atoms with van der Waals surface area (Å²) in [6.45, 7) is 3.76. The Balaban J connectivity index is 2.33. The quantitative estimate of drug-likeness (QED) is 0.524. The van der Waals surface area contributed by atoms with Crippen LogP contribution in [0.25, 0.3) is 0 Å². The third-order valence-corrected chi connectivity index (χ3v) is 2.78. The van der Waals surface area contributed by atoms with Crippen molar-refractivity contribution < 1.29 is 9.59 Å². The van der Waals surface area contributed by atoms with Crippen molar-refractivity contribution in [3.63, 3.8) is 0 Å². The van der Waals surface area contributed by atoms with Gasteiger partial charge >= 0.3 is 0 Å². The minimum Gasteiger partial charge on any atom is -0.325 e. The highest BCUT2D eigenvalue weighted by Gasteiger charge is 2.38. The monoisotopic (exact) mass is 219 g/mol. The highest BCUT2D eigenvalue weighted by atomic mass is 16.2. The average molecular weight is 219 g/mol. The number of anilines is 2. The second-order valence-corrected chi connectivity index (χ2v) is 4.23. The molecule has 1 aliphatic heterocycles. The molecule has 1 heterocycles. The molecule has 1 aromatic rings. The van der Waals surface area contributed by atoms with Crippen LogP contribution in [-0.2, 0) is 15.0 Å². The molecule has 0 saturated heterocycles. The van der Waals surface area contributed by atoms with Gasteiger partial charge in [0.1, 0.15) is 0 Å². The molecule has 2 amide bonds. The summed E-state index contributed by atoms with van der Waals surface area (Å²) in [6.07, 6.45) is 0.551. The molecule has 0 atom stereocenters. The minimum atomic E-state index is -0.494. The van der Waals surface area contributed by atoms with Crippen molar-refractivity contribution in [2.45, 2.75) is 19.3 Å². The molecule has 0 saturated carbocycles. The number of carbonyl (C=O) groups excluding carboxylic acids is 2. The van der Waals surface area contributed by atoms with Crippen LogP contribution in [0.1, 0.15) is 19.4 Å². The molecule has 84 valence electrons. The summed E-state index contributed by atoms with van der Waals surface area (Å²) in [5.41, 5.74) is 7.02. The van der Waals surface area contributed by atoms with E-state index < -0.39 is 5.41 Å². The van der Waals surface area contributed by atoms with Gasteiger partial charge in [-0.3, -0.25) is 20.4 Å². The van der Waals surface area contributed by atoms with Crippen molar-refractivity contribution in [3.8, 4) is 0 Å². The van der Waals surface area contributed by atoms with Gasteiger partial charge in [0.25, 0.3) is 0 Å². The second-order valence-electron chi connectivity index (χ2n) is 4.23. The highest BCUT2D eigenvalue weighted by Crippen LogP contribution is 2.38. The molecule has 0 aromatic heterocycles. The molecule has 0 aliphatic carbocycles. The van der Waals surface area contributed by atoms with E-state index >= 15 is 0 Å². The third-order valence-electron chi connectivity index (χ3n) is 2.78. The number of rotatable bonds is 3. The normalized spacial score (nSPS) is 16.2. The van der Waals surface area contributed by atoms with E-state index in [1.807, 2.05) is 26.0 Å². The Bertz CT molecular complexity index is 455. The number of hydrogen-bond acceptors (Lipinski definition) is 3. The number of carbonyl (C=O) groups is 2. The fraction of sp³-hybridized carbons (Fsp3) is 0.273. The summed E-state index contributed by atoms with van der Waals surface area (Å²) in [6, 6.07) is 5.48. The van der Waals surface area contributed by atoms with Crippen LogP contribution in [0, 0.1) is 0 Å². The van der Waals surface area contributed by atoms with E-state index in [2.05, 4.69) is 16.2 Å². The first-order chi connectivity index (χ1) is 7.55. The summed E-state index contributed by atoms with van der Waals surface area (Å²) >= 11 is 0. The Kier molecular flexibility index (Phi) is 2.30. The Morgan fingerprint density at radius 3 is 2.81 bits per heavy atom. The molecule has 0 bridgehead atoms. The van der Waals surface area contributed by atoms with Crippen LogP contribution in [0.5, 0.6) is 0 Å². The summed E-state index contributed by atoms with van der Waals surface area (Å²) < 4.78 is 0. The van der Waals surface area contributed by atoms with Gasteiger partial charge in [-0.15, -0.1) is 0 Å². The van der Waals surface area contributed by atoms with E-state index in [0.29, 0.717) is 6.41 Å². The maximum absolute atomic E-state index is 11.7. The first kappa shape index (κ1) is 10.5. The van der Waals surface area contributed by atoms with Crippen molar-refractivity contribution in [1.29, 1.82) is 0 Å². The fourth-order valence-electron chi connectivity index (χ4n) is 1.78. The molecule has 2 rings (SSSR count). The van der Waals surface area contributed by atoms with Gasteiger partial charge in [-0.05, 0) is 31.5 Å². The van der Waals surface area contributed by atoms with Crippen molar-refractivity contribution in [2.24, 2.45) is 0 Å². The van der Waals surface area contributed by atoms with Gasteiger partial charge in [0, 0.05) is 5.69 Å². The first-order valence-corrected chi connectivity index (χ1v) is 4.97. The average Bonchev–Trinajstić information content (AvgIpc) is 2.47. The topological polar surface area (TPSA) is 70.2 Å². The molecule has 16 heavy (non-hydrogen) atoms. The molecule has 1 aromatic carbocycles. The van der Waals surface area contributed by atoms with Gasteiger partial charge in [-0.25, -0.2) is 0 Å². The van der Waals surface area contributed by atoms with Crippen LogP contribution in [0.2, 0.25) is 0 Å². The Morgan fingerprint density at radius 2 is 2.12 bits per heavy atom. The van der Waals surface area contributed by atoms with Crippen molar-refractivity contribution in [2.75, 3.05) is 10.7 Å². The van der Waals surface area contributed by atoms with Crippen molar-refractivity contribution in [3.05, 3.63) is 23.8 Å². The Morgan fingerprint density at radius 1 is 1.38 bits per heavy atom. The number of nitrogens with one attached hydrogen (secondary N) is 3. The molecule has 0 fully saturated rings. The number of benzene rings is 1. The summed E-state index contributed by atoms with van der Waals surface area (Å²) in [7, 11) is 0. The molecular weight excluding hydrogens is 206 g/mol. The standard InChI is InChI=1S/C11H13N3O2/c1-11(2)8-4-3-7(14-12-6-15)5-9(8)13-10(11)16/h3-6,14H,1-2H3,(H,12,15)(H,13,16). The lowest BCUT2D eigenvalue weighted by molar-refractivity contribution is -0.119. The van der Waals surface area contributed by atoms with Gasteiger partial charge in [0.15, 0.2) is 0 Å². The predicted molar refractivity (Wildman–Crippen MR) is 60.9 cm³/mol. The van der Waals surface area contributed by atoms with Gasteiger partial charge in [-0.1, -0.05) is 6.07 Å². The number of amides is 2. The number of fused-ring (bicyclic) bond motifs is 1. The SMILES string of the molecule is CC1(C)C(=O)Nc2cc(NNC=O)ccc21. The summed E-state index contributed by atoms with van der Waals surface area (Å²) in [4.78, 5) is 21.8. The van der Waals surface area contributed by atoms with Gasteiger partial charge < -0.3 is 5.32 Å². The van der Waals surface area contributed by atoms with E-state index in [0.717, 1.165) is 16.9 Å². The summed E-state index contributed by atoms with van der Waals surface area (Å²) in [5, 5.41) is 2.81. The van der Waals surface area contributed by atoms with Gasteiger partial charge in [-0.2, -0.15) is 0 Å². The third kappa shape index (κ3) is 1.50. The Hall–Kier alpha value is -2.04. The maximum atomic E-state index is 11.7. The van der Waals surface area contributed by atoms with Gasteiger partial charge in [0.05, 0.1) is 11.1 Å². The van der Waals surface area contributed by atoms with Gasteiger partial charge in [0.2, 0.25) is 12.3 Å². The van der Waals surface area contributed by atoms with E-state index in [9.17, 15) is 9.59 Å². The summed E-state index contributed by atoms with van der Waals surface area (Å²) in [5.74, 6) is -0.0111. The molecule has 3 N–H and O–H groups in total. The molecule has 5 nitrogen and oxygen atoms in total.